The highest BCUT2D eigenvalue weighted by Crippen LogP contribution is 2.19. The monoisotopic (exact) mass is 174 g/mol. The minimum absolute atomic E-state index is 1.11. The average molecular weight is 174 g/mol. The summed E-state index contributed by atoms with van der Waals surface area (Å²) >= 11 is 0. The van der Waals surface area contributed by atoms with E-state index in [1.807, 2.05) is 0 Å². The SMILES string of the molecule is CCC=C(C)c1ccccc1CC. The lowest BCUT2D eigenvalue weighted by Gasteiger charge is -2.07. The number of benzene rings is 1. The number of hydrogen-bond donors (Lipinski definition) is 0. The third-order valence-electron chi connectivity index (χ3n) is 2.33. The fraction of sp³-hybridized carbons (Fsp3) is 0.385. The van der Waals surface area contributed by atoms with E-state index in [-0.39, 0.29) is 0 Å². The van der Waals surface area contributed by atoms with E-state index in [4.69, 9.17) is 0 Å². The zero-order chi connectivity index (χ0) is 9.68. The zero-order valence-corrected chi connectivity index (χ0v) is 8.80. The van der Waals surface area contributed by atoms with Gasteiger partial charge in [-0.15, -0.1) is 0 Å². The van der Waals surface area contributed by atoms with Gasteiger partial charge in [-0.2, -0.15) is 0 Å². The van der Waals surface area contributed by atoms with Crippen LogP contribution in [0.15, 0.2) is 30.3 Å². The lowest BCUT2D eigenvalue weighted by molar-refractivity contribution is 1.12. The molecule has 0 heteroatoms. The molecule has 0 aliphatic carbocycles. The fourth-order valence-corrected chi connectivity index (χ4v) is 1.63. The van der Waals surface area contributed by atoms with Crippen molar-refractivity contribution in [2.45, 2.75) is 33.6 Å². The summed E-state index contributed by atoms with van der Waals surface area (Å²) in [6, 6.07) is 8.64. The molecule has 0 aliphatic heterocycles. The first-order valence-corrected chi connectivity index (χ1v) is 5.04. The average Bonchev–Trinajstić information content (AvgIpc) is 2.18. The third kappa shape index (κ3) is 2.45. The second kappa shape index (κ2) is 4.86. The Morgan fingerprint density at radius 1 is 1.23 bits per heavy atom. The minimum atomic E-state index is 1.11. The first-order valence-electron chi connectivity index (χ1n) is 5.04. The van der Waals surface area contributed by atoms with Crippen molar-refractivity contribution >= 4 is 5.57 Å². The predicted molar refractivity (Wildman–Crippen MR) is 59.8 cm³/mol. The summed E-state index contributed by atoms with van der Waals surface area (Å²) < 4.78 is 0. The highest BCUT2D eigenvalue weighted by molar-refractivity contribution is 5.66. The van der Waals surface area contributed by atoms with Gasteiger partial charge in [0, 0.05) is 0 Å². The summed E-state index contributed by atoms with van der Waals surface area (Å²) in [6.45, 7) is 6.58. The van der Waals surface area contributed by atoms with Gasteiger partial charge < -0.3 is 0 Å². The first kappa shape index (κ1) is 10.0. The van der Waals surface area contributed by atoms with E-state index in [0.717, 1.165) is 12.8 Å². The van der Waals surface area contributed by atoms with E-state index < -0.39 is 0 Å². The molecule has 0 heterocycles. The number of rotatable bonds is 3. The van der Waals surface area contributed by atoms with Crippen LogP contribution in [-0.4, -0.2) is 0 Å². The second-order valence-electron chi connectivity index (χ2n) is 3.31. The van der Waals surface area contributed by atoms with Gasteiger partial charge in [0.1, 0.15) is 0 Å². The Hall–Kier alpha value is -1.04. The topological polar surface area (TPSA) is 0 Å². The predicted octanol–water partition coefficient (Wildman–Crippen LogP) is 4.06. The van der Waals surface area contributed by atoms with Gasteiger partial charge >= 0.3 is 0 Å². The molecule has 0 nitrogen and oxygen atoms in total. The summed E-state index contributed by atoms with van der Waals surface area (Å²) in [4.78, 5) is 0. The Morgan fingerprint density at radius 2 is 1.92 bits per heavy atom. The first-order chi connectivity index (χ1) is 6.29. The van der Waals surface area contributed by atoms with E-state index in [1.54, 1.807) is 0 Å². The maximum Gasteiger partial charge on any atom is -0.0199 e. The smallest absolute Gasteiger partial charge is 0.0199 e. The van der Waals surface area contributed by atoms with Gasteiger partial charge in [0.25, 0.3) is 0 Å². The second-order valence-corrected chi connectivity index (χ2v) is 3.31. The lowest BCUT2D eigenvalue weighted by Crippen LogP contribution is -1.88. The summed E-state index contributed by atoms with van der Waals surface area (Å²) in [5.74, 6) is 0. The molecular formula is C13H18. The highest BCUT2D eigenvalue weighted by atomic mass is 14.0. The highest BCUT2D eigenvalue weighted by Gasteiger charge is 1.99. The minimum Gasteiger partial charge on any atom is -0.0813 e. The third-order valence-corrected chi connectivity index (χ3v) is 2.33. The maximum atomic E-state index is 2.29. The molecule has 1 rings (SSSR count). The lowest BCUT2D eigenvalue weighted by atomic mass is 9.99. The van der Waals surface area contributed by atoms with Crippen molar-refractivity contribution in [3.8, 4) is 0 Å². The summed E-state index contributed by atoms with van der Waals surface area (Å²) in [6.07, 6.45) is 4.52. The molecule has 0 radical (unpaired) electrons. The van der Waals surface area contributed by atoms with Crippen molar-refractivity contribution in [1.29, 1.82) is 0 Å². The molecule has 0 saturated heterocycles. The van der Waals surface area contributed by atoms with Crippen LogP contribution in [-0.2, 0) is 6.42 Å². The van der Waals surface area contributed by atoms with Gasteiger partial charge in [-0.25, -0.2) is 0 Å². The van der Waals surface area contributed by atoms with Crippen LogP contribution in [0.1, 0.15) is 38.3 Å². The molecule has 0 fully saturated rings. The molecule has 0 saturated carbocycles. The van der Waals surface area contributed by atoms with Crippen LogP contribution < -0.4 is 0 Å². The van der Waals surface area contributed by atoms with E-state index in [9.17, 15) is 0 Å². The Bertz CT molecular complexity index is 295. The number of hydrogen-bond acceptors (Lipinski definition) is 0. The van der Waals surface area contributed by atoms with Crippen LogP contribution in [0.4, 0.5) is 0 Å². The Kier molecular flexibility index (Phi) is 3.75. The maximum absolute atomic E-state index is 2.29. The van der Waals surface area contributed by atoms with Crippen LogP contribution in [0.25, 0.3) is 5.57 Å². The van der Waals surface area contributed by atoms with Crippen molar-refractivity contribution in [2.75, 3.05) is 0 Å². The number of aryl methyl sites for hydroxylation is 1. The van der Waals surface area contributed by atoms with Gasteiger partial charge in [0.05, 0.1) is 0 Å². The molecule has 1 aromatic rings. The van der Waals surface area contributed by atoms with Gasteiger partial charge in [-0.05, 0) is 36.5 Å². The molecule has 0 N–H and O–H groups in total. The van der Waals surface area contributed by atoms with E-state index in [2.05, 4.69) is 51.1 Å². The Morgan fingerprint density at radius 3 is 2.54 bits per heavy atom. The van der Waals surface area contributed by atoms with Crippen molar-refractivity contribution in [3.63, 3.8) is 0 Å². The van der Waals surface area contributed by atoms with Gasteiger partial charge in [0.2, 0.25) is 0 Å². The van der Waals surface area contributed by atoms with Crippen LogP contribution in [0.2, 0.25) is 0 Å². The normalized spacial score (nSPS) is 11.8. The quantitative estimate of drug-likeness (QED) is 0.648. The molecule has 13 heavy (non-hydrogen) atoms. The van der Waals surface area contributed by atoms with E-state index >= 15 is 0 Å². The summed E-state index contributed by atoms with van der Waals surface area (Å²) in [5, 5.41) is 0. The van der Waals surface area contributed by atoms with Crippen LogP contribution >= 0.6 is 0 Å². The largest absolute Gasteiger partial charge is 0.0813 e. The molecule has 0 bridgehead atoms. The van der Waals surface area contributed by atoms with E-state index in [1.165, 1.54) is 16.7 Å². The molecule has 0 spiro atoms. The van der Waals surface area contributed by atoms with Gasteiger partial charge in [-0.1, -0.05) is 44.2 Å². The molecule has 0 unspecified atom stereocenters. The van der Waals surface area contributed by atoms with Crippen molar-refractivity contribution in [1.82, 2.24) is 0 Å². The van der Waals surface area contributed by atoms with Crippen LogP contribution in [0.5, 0.6) is 0 Å². The molecular weight excluding hydrogens is 156 g/mol. The standard InChI is InChI=1S/C13H18/c1-4-8-11(3)13-10-7-6-9-12(13)5-2/h6-10H,4-5H2,1-3H3. The Labute approximate surface area is 81.3 Å². The molecule has 0 aliphatic rings. The van der Waals surface area contributed by atoms with Crippen molar-refractivity contribution in [3.05, 3.63) is 41.5 Å². The Balaban J connectivity index is 3.05. The summed E-state index contributed by atoms with van der Waals surface area (Å²) in [5.41, 5.74) is 4.26. The van der Waals surface area contributed by atoms with Crippen molar-refractivity contribution < 1.29 is 0 Å². The molecule has 0 amide bonds. The fourth-order valence-electron chi connectivity index (χ4n) is 1.63. The molecule has 70 valence electrons. The zero-order valence-electron chi connectivity index (χ0n) is 8.80. The van der Waals surface area contributed by atoms with Crippen LogP contribution in [0.3, 0.4) is 0 Å². The summed E-state index contributed by atoms with van der Waals surface area (Å²) in [7, 11) is 0. The van der Waals surface area contributed by atoms with Gasteiger partial charge in [-0.3, -0.25) is 0 Å². The molecule has 0 aromatic heterocycles. The molecule has 1 aromatic carbocycles. The van der Waals surface area contributed by atoms with Gasteiger partial charge in [0.15, 0.2) is 0 Å². The van der Waals surface area contributed by atoms with Crippen molar-refractivity contribution in [2.24, 2.45) is 0 Å². The van der Waals surface area contributed by atoms with Crippen LogP contribution in [0, 0.1) is 0 Å². The molecule has 0 atom stereocenters. The number of allylic oxidation sites excluding steroid dienone is 2. The van der Waals surface area contributed by atoms with E-state index in [0.29, 0.717) is 0 Å².